The van der Waals surface area contributed by atoms with Crippen molar-refractivity contribution >= 4 is 40.5 Å². The van der Waals surface area contributed by atoms with E-state index in [1.54, 1.807) is 0 Å². The van der Waals surface area contributed by atoms with E-state index in [1.165, 1.54) is 11.8 Å². The monoisotopic (exact) mass is 318 g/mol. The molecule has 0 atom stereocenters. The van der Waals surface area contributed by atoms with E-state index in [2.05, 4.69) is 30.9 Å². The standard InChI is InChI=1S/C11H19ClN6OS/c1-4-13-11(19)20-6-5-14-9-16-8(12)17-10(18-9)15-7(2)3/h7H,4-6H2,1-3H3,(H,13,19)(H2,14,15,16,17,18). The number of aromatic nitrogens is 3. The zero-order chi connectivity index (χ0) is 15.0. The molecule has 1 aromatic heterocycles. The molecule has 0 saturated carbocycles. The molecule has 1 aromatic rings. The summed E-state index contributed by atoms with van der Waals surface area (Å²) < 4.78 is 0. The maximum Gasteiger partial charge on any atom is 0.279 e. The summed E-state index contributed by atoms with van der Waals surface area (Å²) in [5.41, 5.74) is 0. The third-order valence-corrected chi connectivity index (χ3v) is 2.95. The van der Waals surface area contributed by atoms with Crippen LogP contribution >= 0.6 is 23.4 Å². The summed E-state index contributed by atoms with van der Waals surface area (Å²) in [7, 11) is 0. The van der Waals surface area contributed by atoms with Gasteiger partial charge in [-0.25, -0.2) is 0 Å². The summed E-state index contributed by atoms with van der Waals surface area (Å²) in [5, 5.41) is 8.86. The van der Waals surface area contributed by atoms with Gasteiger partial charge < -0.3 is 16.0 Å². The minimum Gasteiger partial charge on any atom is -0.353 e. The van der Waals surface area contributed by atoms with Gasteiger partial charge in [0.2, 0.25) is 17.2 Å². The van der Waals surface area contributed by atoms with E-state index in [1.807, 2.05) is 20.8 Å². The second-order valence-corrected chi connectivity index (χ2v) is 5.55. The summed E-state index contributed by atoms with van der Waals surface area (Å²) in [6, 6.07) is 0.203. The first-order valence-corrected chi connectivity index (χ1v) is 7.70. The van der Waals surface area contributed by atoms with Crippen LogP contribution in [-0.2, 0) is 0 Å². The fourth-order valence-corrected chi connectivity index (χ4v) is 2.05. The molecular weight excluding hydrogens is 300 g/mol. The topological polar surface area (TPSA) is 91.8 Å². The van der Waals surface area contributed by atoms with Crippen molar-refractivity contribution in [3.8, 4) is 0 Å². The lowest BCUT2D eigenvalue weighted by Crippen LogP contribution is -2.19. The van der Waals surface area contributed by atoms with Crippen LogP contribution in [0.1, 0.15) is 20.8 Å². The largest absolute Gasteiger partial charge is 0.353 e. The van der Waals surface area contributed by atoms with Gasteiger partial charge in [0.1, 0.15) is 0 Å². The Kier molecular flexibility index (Phi) is 7.38. The van der Waals surface area contributed by atoms with Gasteiger partial charge in [-0.15, -0.1) is 0 Å². The quantitative estimate of drug-likeness (QED) is 0.664. The molecule has 0 unspecified atom stereocenters. The van der Waals surface area contributed by atoms with Crippen molar-refractivity contribution in [2.24, 2.45) is 0 Å². The summed E-state index contributed by atoms with van der Waals surface area (Å²) in [6.45, 7) is 7.03. The summed E-state index contributed by atoms with van der Waals surface area (Å²) in [5.74, 6) is 1.44. The minimum absolute atomic E-state index is 0.0369. The number of hydrogen-bond donors (Lipinski definition) is 3. The second-order valence-electron chi connectivity index (χ2n) is 4.14. The van der Waals surface area contributed by atoms with Crippen LogP contribution in [0.4, 0.5) is 16.7 Å². The fourth-order valence-electron chi connectivity index (χ4n) is 1.25. The Morgan fingerprint density at radius 1 is 1.30 bits per heavy atom. The zero-order valence-corrected chi connectivity index (χ0v) is 13.3. The number of rotatable bonds is 7. The smallest absolute Gasteiger partial charge is 0.279 e. The van der Waals surface area contributed by atoms with Crippen LogP contribution in [0.2, 0.25) is 5.28 Å². The number of hydrogen-bond acceptors (Lipinski definition) is 7. The van der Waals surface area contributed by atoms with Gasteiger partial charge in [0.05, 0.1) is 0 Å². The van der Waals surface area contributed by atoms with Crippen molar-refractivity contribution in [2.45, 2.75) is 26.8 Å². The zero-order valence-electron chi connectivity index (χ0n) is 11.7. The Bertz CT molecular complexity index is 445. The van der Waals surface area contributed by atoms with Gasteiger partial charge in [-0.1, -0.05) is 11.8 Å². The first kappa shape index (κ1) is 16.8. The molecule has 20 heavy (non-hydrogen) atoms. The van der Waals surface area contributed by atoms with E-state index < -0.39 is 0 Å². The first-order valence-electron chi connectivity index (χ1n) is 6.34. The third kappa shape index (κ3) is 6.76. The van der Waals surface area contributed by atoms with Gasteiger partial charge in [0.15, 0.2) is 0 Å². The van der Waals surface area contributed by atoms with Crippen molar-refractivity contribution in [3.05, 3.63) is 5.28 Å². The van der Waals surface area contributed by atoms with Crippen LogP contribution in [0.25, 0.3) is 0 Å². The molecule has 0 radical (unpaired) electrons. The Hall–Kier alpha value is -1.28. The highest BCUT2D eigenvalue weighted by Gasteiger charge is 2.06. The van der Waals surface area contributed by atoms with E-state index >= 15 is 0 Å². The molecule has 112 valence electrons. The Balaban J connectivity index is 2.43. The molecular formula is C11H19ClN6OS. The molecule has 0 aliphatic carbocycles. The lowest BCUT2D eigenvalue weighted by molar-refractivity contribution is 0.261. The maximum atomic E-state index is 11.2. The highest BCUT2D eigenvalue weighted by molar-refractivity contribution is 8.13. The van der Waals surface area contributed by atoms with Gasteiger partial charge in [-0.2, -0.15) is 15.0 Å². The molecule has 0 aromatic carbocycles. The van der Waals surface area contributed by atoms with E-state index in [0.29, 0.717) is 30.7 Å². The third-order valence-electron chi connectivity index (χ3n) is 1.97. The van der Waals surface area contributed by atoms with Crippen molar-refractivity contribution in [1.82, 2.24) is 20.3 Å². The molecule has 0 spiro atoms. The number of amides is 1. The number of halogens is 1. The Morgan fingerprint density at radius 3 is 2.65 bits per heavy atom. The number of thioether (sulfide) groups is 1. The maximum absolute atomic E-state index is 11.2. The minimum atomic E-state index is -0.0369. The molecule has 0 saturated heterocycles. The molecule has 0 aliphatic rings. The highest BCUT2D eigenvalue weighted by Crippen LogP contribution is 2.10. The average Bonchev–Trinajstić information content (AvgIpc) is 2.33. The van der Waals surface area contributed by atoms with Crippen molar-refractivity contribution < 1.29 is 4.79 Å². The summed E-state index contributed by atoms with van der Waals surface area (Å²) in [4.78, 5) is 23.4. The number of anilines is 2. The van der Waals surface area contributed by atoms with Gasteiger partial charge in [-0.3, -0.25) is 4.79 Å². The molecule has 1 amide bonds. The lowest BCUT2D eigenvalue weighted by Gasteiger charge is -2.10. The van der Waals surface area contributed by atoms with Crippen LogP contribution in [0.5, 0.6) is 0 Å². The van der Waals surface area contributed by atoms with E-state index in [0.717, 1.165) is 0 Å². The van der Waals surface area contributed by atoms with Gasteiger partial charge in [-0.05, 0) is 32.4 Å². The number of carbonyl (C=O) groups excluding carboxylic acids is 1. The molecule has 0 aliphatic heterocycles. The van der Waals surface area contributed by atoms with Gasteiger partial charge >= 0.3 is 0 Å². The van der Waals surface area contributed by atoms with Crippen LogP contribution in [-0.4, -0.2) is 45.1 Å². The number of carbonyl (C=O) groups is 1. The van der Waals surface area contributed by atoms with E-state index in [-0.39, 0.29) is 16.6 Å². The number of nitrogens with one attached hydrogen (secondary N) is 3. The predicted octanol–water partition coefficient (Wildman–Crippen LogP) is 2.22. The lowest BCUT2D eigenvalue weighted by atomic mass is 10.4. The van der Waals surface area contributed by atoms with Crippen molar-refractivity contribution in [1.29, 1.82) is 0 Å². The van der Waals surface area contributed by atoms with Gasteiger partial charge in [0, 0.05) is 24.9 Å². The predicted molar refractivity (Wildman–Crippen MR) is 83.6 cm³/mol. The molecule has 9 heteroatoms. The van der Waals surface area contributed by atoms with Crippen molar-refractivity contribution in [3.63, 3.8) is 0 Å². The summed E-state index contributed by atoms with van der Waals surface area (Å²) >= 11 is 7.03. The Labute approximate surface area is 127 Å². The van der Waals surface area contributed by atoms with Gasteiger partial charge in [0.25, 0.3) is 5.24 Å². The molecule has 7 nitrogen and oxygen atoms in total. The average molecular weight is 319 g/mol. The van der Waals surface area contributed by atoms with E-state index in [4.69, 9.17) is 11.6 Å². The fraction of sp³-hybridized carbons (Fsp3) is 0.636. The first-order chi connectivity index (χ1) is 9.51. The van der Waals surface area contributed by atoms with Crippen molar-refractivity contribution in [2.75, 3.05) is 29.5 Å². The molecule has 1 heterocycles. The van der Waals surface area contributed by atoms with Crippen LogP contribution in [0, 0.1) is 0 Å². The molecule has 1 rings (SSSR count). The van der Waals surface area contributed by atoms with Crippen LogP contribution < -0.4 is 16.0 Å². The SMILES string of the molecule is CCNC(=O)SCCNc1nc(Cl)nc(NC(C)C)n1. The molecule has 0 bridgehead atoms. The highest BCUT2D eigenvalue weighted by atomic mass is 35.5. The molecule has 0 fully saturated rings. The Morgan fingerprint density at radius 2 is 2.00 bits per heavy atom. The van der Waals surface area contributed by atoms with Crippen LogP contribution in [0.15, 0.2) is 0 Å². The number of nitrogens with zero attached hydrogens (tertiary/aromatic N) is 3. The normalized spacial score (nSPS) is 10.4. The second kappa shape index (κ2) is 8.80. The van der Waals surface area contributed by atoms with Crippen LogP contribution in [0.3, 0.4) is 0 Å². The summed E-state index contributed by atoms with van der Waals surface area (Å²) in [6.07, 6.45) is 0. The van der Waals surface area contributed by atoms with E-state index in [9.17, 15) is 4.79 Å². The molecule has 3 N–H and O–H groups in total.